The van der Waals surface area contributed by atoms with Crippen molar-refractivity contribution < 1.29 is 14.4 Å². The van der Waals surface area contributed by atoms with Crippen LogP contribution in [0.4, 0.5) is 0 Å². The summed E-state index contributed by atoms with van der Waals surface area (Å²) in [6.45, 7) is 5.97. The molecular weight excluding hydrogens is 404 g/mol. The van der Waals surface area contributed by atoms with Gasteiger partial charge in [-0.2, -0.15) is 0 Å². The summed E-state index contributed by atoms with van der Waals surface area (Å²) in [5, 5.41) is 13.1. The van der Waals surface area contributed by atoms with Gasteiger partial charge in [0.1, 0.15) is 23.4 Å². The highest BCUT2D eigenvalue weighted by atomic mass is 16.5. The van der Waals surface area contributed by atoms with E-state index in [0.717, 1.165) is 68.1 Å². The molecule has 1 aliphatic heterocycles. The third-order valence-corrected chi connectivity index (χ3v) is 5.66. The van der Waals surface area contributed by atoms with E-state index in [4.69, 9.17) is 14.4 Å². The highest BCUT2D eigenvalue weighted by Crippen LogP contribution is 2.19. The molecule has 168 valence electrons. The Morgan fingerprint density at radius 2 is 2.00 bits per heavy atom. The smallest absolute Gasteiger partial charge is 0.210 e. The quantitative estimate of drug-likeness (QED) is 0.549. The van der Waals surface area contributed by atoms with Crippen molar-refractivity contribution in [1.29, 1.82) is 0 Å². The van der Waals surface area contributed by atoms with Crippen LogP contribution < -0.4 is 4.74 Å². The zero-order valence-corrected chi connectivity index (χ0v) is 18.5. The van der Waals surface area contributed by atoms with E-state index in [0.29, 0.717) is 12.3 Å². The van der Waals surface area contributed by atoms with E-state index in [1.807, 2.05) is 36.5 Å². The second kappa shape index (κ2) is 11.0. The lowest BCUT2D eigenvalue weighted by Crippen LogP contribution is -2.38. The van der Waals surface area contributed by atoms with Gasteiger partial charge in [-0.3, -0.25) is 0 Å². The van der Waals surface area contributed by atoms with Crippen molar-refractivity contribution in [1.82, 2.24) is 19.6 Å². The van der Waals surface area contributed by atoms with Crippen LogP contribution in [0.1, 0.15) is 49.0 Å². The lowest BCUT2D eigenvalue weighted by molar-refractivity contribution is 0.0964. The maximum Gasteiger partial charge on any atom is 0.210 e. The number of benzene rings is 1. The van der Waals surface area contributed by atoms with E-state index in [9.17, 15) is 0 Å². The third kappa shape index (κ3) is 6.00. The molecule has 0 radical (unpaired) electrons. The Balaban J connectivity index is 1.28. The topological polar surface area (TPSA) is 76.5 Å². The molecule has 7 nitrogen and oxygen atoms in total. The molecule has 0 saturated carbocycles. The zero-order chi connectivity index (χ0) is 22.2. The first-order valence-corrected chi connectivity index (χ1v) is 11.3. The fraction of sp³-hybridized carbons (Fsp3) is 0.440. The average molecular weight is 435 g/mol. The molecule has 3 aromatic rings. The first-order valence-electron chi connectivity index (χ1n) is 11.3. The normalized spacial score (nSPS) is 14.8. The van der Waals surface area contributed by atoms with Gasteiger partial charge in [0.05, 0.1) is 6.54 Å². The highest BCUT2D eigenvalue weighted by Gasteiger charge is 2.20. The second-order valence-electron chi connectivity index (χ2n) is 8.02. The van der Waals surface area contributed by atoms with Gasteiger partial charge in [0.2, 0.25) is 5.76 Å². The van der Waals surface area contributed by atoms with Crippen molar-refractivity contribution in [2.24, 2.45) is 0 Å². The van der Waals surface area contributed by atoms with Gasteiger partial charge in [0.15, 0.2) is 0 Å². The molecule has 1 fully saturated rings. The Labute approximate surface area is 189 Å². The molecule has 1 N–H and O–H groups in total. The van der Waals surface area contributed by atoms with Gasteiger partial charge in [0.25, 0.3) is 0 Å². The number of likely N-dealkylation sites (tertiary alicyclic amines) is 1. The lowest BCUT2D eigenvalue weighted by Gasteiger charge is -2.32. The van der Waals surface area contributed by atoms with Gasteiger partial charge in [0, 0.05) is 56.7 Å². The summed E-state index contributed by atoms with van der Waals surface area (Å²) < 4.78 is 13.6. The Bertz CT molecular complexity index is 1040. The van der Waals surface area contributed by atoms with Crippen molar-refractivity contribution in [3.63, 3.8) is 0 Å². The van der Waals surface area contributed by atoms with E-state index in [-0.39, 0.29) is 12.7 Å². The lowest BCUT2D eigenvalue weighted by atomic mass is 10.1. The van der Waals surface area contributed by atoms with Crippen LogP contribution in [-0.4, -0.2) is 57.1 Å². The predicted octanol–water partition coefficient (Wildman–Crippen LogP) is 3.11. The van der Waals surface area contributed by atoms with Crippen LogP contribution in [0.2, 0.25) is 0 Å². The SMILES string of the molecule is CCc1nccn1Cc1cc(C#Cc2ccc(OC3CCN(CCCO)CC3)cc2)on1. The van der Waals surface area contributed by atoms with Crippen molar-refractivity contribution in [2.45, 2.75) is 45.3 Å². The van der Waals surface area contributed by atoms with E-state index in [1.54, 1.807) is 6.20 Å². The van der Waals surface area contributed by atoms with Gasteiger partial charge >= 0.3 is 0 Å². The fourth-order valence-electron chi connectivity index (χ4n) is 3.91. The third-order valence-electron chi connectivity index (χ3n) is 5.66. The molecule has 32 heavy (non-hydrogen) atoms. The molecule has 3 heterocycles. The summed E-state index contributed by atoms with van der Waals surface area (Å²) >= 11 is 0. The molecule has 1 aromatic carbocycles. The monoisotopic (exact) mass is 434 g/mol. The maximum atomic E-state index is 8.96. The summed E-state index contributed by atoms with van der Waals surface area (Å²) in [4.78, 5) is 6.72. The summed E-state index contributed by atoms with van der Waals surface area (Å²) in [6, 6.07) is 9.75. The number of nitrogens with zero attached hydrogens (tertiary/aromatic N) is 4. The zero-order valence-electron chi connectivity index (χ0n) is 18.5. The minimum atomic E-state index is 0.244. The largest absolute Gasteiger partial charge is 0.490 e. The second-order valence-corrected chi connectivity index (χ2v) is 8.02. The van der Waals surface area contributed by atoms with E-state index >= 15 is 0 Å². The molecule has 0 unspecified atom stereocenters. The summed E-state index contributed by atoms with van der Waals surface area (Å²) in [5.74, 6) is 8.61. The molecular formula is C25H30N4O3. The minimum absolute atomic E-state index is 0.244. The Morgan fingerprint density at radius 1 is 1.19 bits per heavy atom. The summed E-state index contributed by atoms with van der Waals surface area (Å²) in [6.07, 6.45) is 7.74. The fourth-order valence-corrected chi connectivity index (χ4v) is 3.91. The van der Waals surface area contributed by atoms with E-state index < -0.39 is 0 Å². The Morgan fingerprint density at radius 3 is 2.75 bits per heavy atom. The van der Waals surface area contributed by atoms with E-state index in [1.165, 1.54) is 0 Å². The molecule has 0 bridgehead atoms. The van der Waals surface area contributed by atoms with Crippen LogP contribution in [0.5, 0.6) is 5.75 Å². The molecule has 7 heteroatoms. The van der Waals surface area contributed by atoms with Crippen molar-refractivity contribution in [3.05, 3.63) is 65.6 Å². The number of hydrogen-bond acceptors (Lipinski definition) is 6. The molecule has 0 atom stereocenters. The van der Waals surface area contributed by atoms with E-state index in [2.05, 4.69) is 38.4 Å². The van der Waals surface area contributed by atoms with Crippen LogP contribution in [-0.2, 0) is 13.0 Å². The number of piperidine rings is 1. The standard InChI is InChI=1S/C25H30N4O3/c1-2-25-26-12-16-29(25)19-21-18-24(32-27-21)9-6-20-4-7-22(8-5-20)31-23-10-14-28(15-11-23)13-3-17-30/h4-5,7-8,12,16,18,23,30H,2-3,10-11,13-15,17,19H2,1H3. The Kier molecular flexibility index (Phi) is 7.59. The minimum Gasteiger partial charge on any atom is -0.490 e. The van der Waals surface area contributed by atoms with Gasteiger partial charge in [-0.25, -0.2) is 4.98 Å². The van der Waals surface area contributed by atoms with Gasteiger partial charge in [-0.05, 0) is 49.4 Å². The van der Waals surface area contributed by atoms with Crippen molar-refractivity contribution in [2.75, 3.05) is 26.2 Å². The average Bonchev–Trinajstić information content (AvgIpc) is 3.47. The van der Waals surface area contributed by atoms with Crippen LogP contribution in [0.3, 0.4) is 0 Å². The van der Waals surface area contributed by atoms with Gasteiger partial charge in [-0.1, -0.05) is 18.0 Å². The van der Waals surface area contributed by atoms with Crippen molar-refractivity contribution >= 4 is 0 Å². The molecule has 1 saturated heterocycles. The van der Waals surface area contributed by atoms with Crippen LogP contribution in [0, 0.1) is 11.8 Å². The molecule has 0 spiro atoms. The van der Waals surface area contributed by atoms with Gasteiger partial charge in [-0.15, -0.1) is 0 Å². The number of rotatable bonds is 8. The van der Waals surface area contributed by atoms with Crippen LogP contribution >= 0.6 is 0 Å². The first-order chi connectivity index (χ1) is 15.7. The predicted molar refractivity (Wildman–Crippen MR) is 121 cm³/mol. The molecule has 0 amide bonds. The summed E-state index contributed by atoms with van der Waals surface area (Å²) in [5.41, 5.74) is 1.73. The van der Waals surface area contributed by atoms with Crippen LogP contribution in [0.25, 0.3) is 0 Å². The number of aliphatic hydroxyl groups is 1. The molecule has 0 aliphatic carbocycles. The molecule has 2 aromatic heterocycles. The van der Waals surface area contributed by atoms with Crippen molar-refractivity contribution in [3.8, 4) is 17.6 Å². The number of aryl methyl sites for hydroxylation is 1. The number of aromatic nitrogens is 3. The van der Waals surface area contributed by atoms with Gasteiger partial charge < -0.3 is 23.8 Å². The highest BCUT2D eigenvalue weighted by molar-refractivity contribution is 5.41. The molecule has 4 rings (SSSR count). The maximum absolute atomic E-state index is 8.96. The molecule has 1 aliphatic rings. The number of hydrogen-bond donors (Lipinski definition) is 1. The Hall–Kier alpha value is -3.08. The summed E-state index contributed by atoms with van der Waals surface area (Å²) in [7, 11) is 0. The number of imidazole rings is 1. The number of ether oxygens (including phenoxy) is 1. The van der Waals surface area contributed by atoms with Crippen LogP contribution in [0.15, 0.2) is 47.2 Å². The number of aliphatic hydroxyl groups excluding tert-OH is 1. The first kappa shape index (κ1) is 22.1.